The Kier molecular flexibility index (Phi) is 5.35. The number of ketones is 1. The minimum atomic E-state index is -5.43. The van der Waals surface area contributed by atoms with Crippen LogP contribution in [0.3, 0.4) is 0 Å². The molecule has 2 aromatic rings. The summed E-state index contributed by atoms with van der Waals surface area (Å²) in [5.74, 6) is -3.38. The second-order valence-corrected chi connectivity index (χ2v) is 7.60. The Morgan fingerprint density at radius 1 is 1.13 bits per heavy atom. The number of benzene rings is 1. The van der Waals surface area contributed by atoms with Gasteiger partial charge in [-0.3, -0.25) is 9.69 Å². The predicted octanol–water partition coefficient (Wildman–Crippen LogP) is 4.21. The number of amides is 2. The maximum Gasteiger partial charge on any atom is 0.437 e. The topological polar surface area (TPSA) is 69.6 Å². The van der Waals surface area contributed by atoms with Crippen molar-refractivity contribution >= 4 is 23.2 Å². The van der Waals surface area contributed by atoms with Gasteiger partial charge in [0.2, 0.25) is 0 Å². The van der Waals surface area contributed by atoms with Crippen molar-refractivity contribution in [3.8, 4) is 0 Å². The third-order valence-electron chi connectivity index (χ3n) is 4.92. The molecule has 1 aliphatic rings. The molecule has 0 spiro atoms. The Morgan fingerprint density at radius 2 is 1.73 bits per heavy atom. The van der Waals surface area contributed by atoms with Crippen LogP contribution in [0.2, 0.25) is 0 Å². The Bertz CT molecular complexity index is 942. The van der Waals surface area contributed by atoms with E-state index in [-0.39, 0.29) is 15.3 Å². The molecule has 2 heterocycles. The highest BCUT2D eigenvalue weighted by atomic mass is 32.1. The van der Waals surface area contributed by atoms with Gasteiger partial charge in [-0.15, -0.1) is 11.3 Å². The first-order chi connectivity index (χ1) is 13.8. The molecule has 1 fully saturated rings. The molecule has 12 heteroatoms. The quantitative estimate of drug-likeness (QED) is 0.542. The van der Waals surface area contributed by atoms with Crippen LogP contribution in [0, 0.1) is 5.92 Å². The maximum atomic E-state index is 13.9. The van der Waals surface area contributed by atoms with Crippen LogP contribution in [0.25, 0.3) is 0 Å². The van der Waals surface area contributed by atoms with Gasteiger partial charge in [-0.1, -0.05) is 18.2 Å². The molecular weight excluding hydrogens is 438 g/mol. The van der Waals surface area contributed by atoms with Crippen LogP contribution in [0.5, 0.6) is 0 Å². The number of carbonyl (C=O) groups is 2. The third-order valence-corrected chi connectivity index (χ3v) is 5.81. The van der Waals surface area contributed by atoms with E-state index in [1.165, 1.54) is 17.5 Å². The van der Waals surface area contributed by atoms with E-state index >= 15 is 0 Å². The van der Waals surface area contributed by atoms with E-state index in [2.05, 4.69) is 5.32 Å². The number of nitrogens with zero attached hydrogens (tertiary/aromatic N) is 1. The molecule has 1 saturated heterocycles. The van der Waals surface area contributed by atoms with Crippen molar-refractivity contribution in [3.05, 3.63) is 57.8 Å². The Morgan fingerprint density at radius 3 is 2.20 bits per heavy atom. The maximum absolute atomic E-state index is 13.9. The fourth-order valence-corrected chi connectivity index (χ4v) is 4.04. The molecule has 0 bridgehead atoms. The lowest BCUT2D eigenvalue weighted by molar-refractivity contribution is -0.322. The summed E-state index contributed by atoms with van der Waals surface area (Å²) in [5, 5.41) is 14.3. The van der Waals surface area contributed by atoms with Crippen molar-refractivity contribution in [2.24, 2.45) is 5.92 Å². The number of halogens is 6. The van der Waals surface area contributed by atoms with Crippen molar-refractivity contribution in [1.82, 2.24) is 10.2 Å². The molecule has 0 unspecified atom stereocenters. The average Bonchev–Trinajstić information content (AvgIpc) is 3.18. The molecule has 2 N–H and O–H groups in total. The van der Waals surface area contributed by atoms with Gasteiger partial charge < -0.3 is 10.4 Å². The molecule has 2 amide bonds. The van der Waals surface area contributed by atoms with Crippen LogP contribution in [-0.4, -0.2) is 40.8 Å². The normalized spacial score (nSPS) is 25.2. The van der Waals surface area contributed by atoms with Gasteiger partial charge in [0.25, 0.3) is 5.72 Å². The zero-order chi connectivity index (χ0) is 22.5. The van der Waals surface area contributed by atoms with E-state index in [1.54, 1.807) is 0 Å². The lowest BCUT2D eigenvalue weighted by atomic mass is 9.77. The number of hydrogen-bond acceptors (Lipinski definition) is 4. The lowest BCUT2D eigenvalue weighted by Gasteiger charge is -2.49. The van der Waals surface area contributed by atoms with E-state index < -0.39 is 47.4 Å². The molecule has 5 nitrogen and oxygen atoms in total. The van der Waals surface area contributed by atoms with Crippen LogP contribution in [0.15, 0.2) is 41.8 Å². The lowest BCUT2D eigenvalue weighted by Crippen LogP contribution is -2.72. The van der Waals surface area contributed by atoms with Gasteiger partial charge in [0.15, 0.2) is 5.78 Å². The Hall–Kier alpha value is -2.60. The standard InChI is InChI=1S/C18H14F6N2O3S/c1-26-15(28)25-13(9-4-6-10(7-5-9)17(19,20)21)12(16(26,29)18(22,23)24)14(27)11-3-2-8-30-11/h2-8,12-13,29H,1H3,(H,25,28)/t12-,13-,16-/m1/s1. The largest absolute Gasteiger partial charge is 0.437 e. The number of alkyl halides is 6. The molecule has 0 aliphatic carbocycles. The van der Waals surface area contributed by atoms with Gasteiger partial charge in [-0.25, -0.2) is 4.79 Å². The number of rotatable bonds is 3. The van der Waals surface area contributed by atoms with Crippen molar-refractivity contribution in [3.63, 3.8) is 0 Å². The summed E-state index contributed by atoms with van der Waals surface area (Å²) in [6.45, 7) is 0. The summed E-state index contributed by atoms with van der Waals surface area (Å²) < 4.78 is 80.3. The van der Waals surface area contributed by atoms with Crippen LogP contribution < -0.4 is 5.32 Å². The van der Waals surface area contributed by atoms with Crippen LogP contribution in [0.4, 0.5) is 31.1 Å². The van der Waals surface area contributed by atoms with E-state index in [9.17, 15) is 41.0 Å². The first kappa shape index (κ1) is 22.1. The van der Waals surface area contributed by atoms with E-state index in [1.807, 2.05) is 0 Å². The highest BCUT2D eigenvalue weighted by Crippen LogP contribution is 2.48. The van der Waals surface area contributed by atoms with Crippen LogP contribution >= 0.6 is 11.3 Å². The third kappa shape index (κ3) is 3.54. The highest BCUT2D eigenvalue weighted by Gasteiger charge is 2.69. The molecule has 1 aliphatic heterocycles. The van der Waals surface area contributed by atoms with Crippen LogP contribution in [-0.2, 0) is 6.18 Å². The number of aliphatic hydroxyl groups is 1. The summed E-state index contributed by atoms with van der Waals surface area (Å²) in [5.41, 5.74) is -5.14. The molecule has 3 atom stereocenters. The minimum Gasteiger partial charge on any atom is -0.363 e. The summed E-state index contributed by atoms with van der Waals surface area (Å²) in [6, 6.07) is 2.59. The number of hydrogen-bond donors (Lipinski definition) is 2. The molecule has 0 saturated carbocycles. The van der Waals surface area contributed by atoms with Gasteiger partial charge in [0.1, 0.15) is 5.92 Å². The number of nitrogens with one attached hydrogen (secondary N) is 1. The smallest absolute Gasteiger partial charge is 0.363 e. The van der Waals surface area contributed by atoms with Crippen molar-refractivity contribution in [2.75, 3.05) is 7.05 Å². The Balaban J connectivity index is 2.16. The predicted molar refractivity (Wildman–Crippen MR) is 93.6 cm³/mol. The molecule has 3 rings (SSSR count). The first-order valence-corrected chi connectivity index (χ1v) is 9.24. The summed E-state index contributed by atoms with van der Waals surface area (Å²) in [6.07, 6.45) is -10.1. The Labute approximate surface area is 169 Å². The SMILES string of the molecule is CN1C(=O)N[C@H](c2ccc(C(F)(F)F)cc2)[C@H](C(=O)c2cccs2)[C@@]1(O)C(F)(F)F. The molecular formula is C18H14F6N2O3S. The monoisotopic (exact) mass is 452 g/mol. The van der Waals surface area contributed by atoms with Gasteiger partial charge in [-0.05, 0) is 29.1 Å². The summed E-state index contributed by atoms with van der Waals surface area (Å²) in [4.78, 5) is 25.0. The zero-order valence-corrected chi connectivity index (χ0v) is 15.9. The zero-order valence-electron chi connectivity index (χ0n) is 15.1. The molecule has 162 valence electrons. The summed E-state index contributed by atoms with van der Waals surface area (Å²) in [7, 11) is 0.681. The van der Waals surface area contributed by atoms with Crippen molar-refractivity contribution in [2.45, 2.75) is 24.1 Å². The van der Waals surface area contributed by atoms with Crippen LogP contribution in [0.1, 0.15) is 26.8 Å². The molecule has 1 aromatic heterocycles. The number of thiophene rings is 1. The number of urea groups is 1. The van der Waals surface area contributed by atoms with Crippen molar-refractivity contribution in [1.29, 1.82) is 0 Å². The molecule has 30 heavy (non-hydrogen) atoms. The van der Waals surface area contributed by atoms with E-state index in [0.717, 1.165) is 23.5 Å². The van der Waals surface area contributed by atoms with Gasteiger partial charge >= 0.3 is 18.4 Å². The van der Waals surface area contributed by atoms with Crippen molar-refractivity contribution < 1.29 is 41.0 Å². The van der Waals surface area contributed by atoms with E-state index in [0.29, 0.717) is 19.2 Å². The highest BCUT2D eigenvalue weighted by molar-refractivity contribution is 7.12. The first-order valence-electron chi connectivity index (χ1n) is 8.36. The number of Topliss-reactive ketones (excluding diaryl/α,β-unsaturated/α-hetero) is 1. The van der Waals surface area contributed by atoms with E-state index in [4.69, 9.17) is 0 Å². The average molecular weight is 452 g/mol. The fourth-order valence-electron chi connectivity index (χ4n) is 3.34. The molecule has 0 radical (unpaired) electrons. The molecule has 1 aromatic carbocycles. The van der Waals surface area contributed by atoms with Gasteiger partial charge in [0.05, 0.1) is 16.5 Å². The van der Waals surface area contributed by atoms with Gasteiger partial charge in [0, 0.05) is 7.05 Å². The summed E-state index contributed by atoms with van der Waals surface area (Å²) >= 11 is 0.833. The fraction of sp³-hybridized carbons (Fsp3) is 0.333. The second-order valence-electron chi connectivity index (χ2n) is 6.65. The van der Waals surface area contributed by atoms with Gasteiger partial charge in [-0.2, -0.15) is 26.3 Å². The second kappa shape index (κ2) is 7.27. The minimum absolute atomic E-state index is 0.0241. The number of carbonyl (C=O) groups excluding carboxylic acids is 2.